The quantitative estimate of drug-likeness (QED) is 0.590. The summed E-state index contributed by atoms with van der Waals surface area (Å²) in [6.45, 7) is 4.02. The van der Waals surface area contributed by atoms with Crippen molar-refractivity contribution in [1.82, 2.24) is 0 Å². The van der Waals surface area contributed by atoms with E-state index < -0.39 is 0 Å². The fourth-order valence-corrected chi connectivity index (χ4v) is 0.569. The zero-order chi connectivity index (χ0) is 7.98. The van der Waals surface area contributed by atoms with E-state index in [1.54, 1.807) is 13.8 Å². The Hall–Kier alpha value is -0.570. The monoisotopic (exact) mass is 146 g/mol. The van der Waals surface area contributed by atoms with E-state index in [4.69, 9.17) is 5.11 Å². The highest BCUT2D eigenvalue weighted by molar-refractivity contribution is 5.69. The number of hydrogen-bond donors (Lipinski definition) is 1. The normalized spacial score (nSPS) is 12.7. The van der Waals surface area contributed by atoms with Gasteiger partial charge in [-0.1, -0.05) is 6.92 Å². The Morgan fingerprint density at radius 2 is 2.30 bits per heavy atom. The van der Waals surface area contributed by atoms with Crippen LogP contribution in [0.25, 0.3) is 0 Å². The molecule has 0 saturated heterocycles. The second-order valence-corrected chi connectivity index (χ2v) is 2.30. The summed E-state index contributed by atoms with van der Waals surface area (Å²) in [5.41, 5.74) is 0. The van der Waals surface area contributed by atoms with Crippen molar-refractivity contribution >= 4 is 5.97 Å². The summed E-state index contributed by atoms with van der Waals surface area (Å²) in [5.74, 6) is -0.219. The fourth-order valence-electron chi connectivity index (χ4n) is 0.569. The van der Waals surface area contributed by atoms with E-state index in [9.17, 15) is 4.79 Å². The maximum atomic E-state index is 10.7. The van der Waals surface area contributed by atoms with Crippen molar-refractivity contribution in [3.05, 3.63) is 0 Å². The number of ether oxygens (including phenoxy) is 1. The third kappa shape index (κ3) is 4.32. The molecule has 0 aromatic rings. The van der Waals surface area contributed by atoms with Crippen molar-refractivity contribution in [2.24, 2.45) is 5.92 Å². The van der Waals surface area contributed by atoms with Crippen LogP contribution in [0.4, 0.5) is 0 Å². The van der Waals surface area contributed by atoms with Crippen molar-refractivity contribution in [3.63, 3.8) is 0 Å². The molecule has 3 heteroatoms. The van der Waals surface area contributed by atoms with Crippen LogP contribution in [0.2, 0.25) is 0 Å². The Balaban J connectivity index is 3.37. The Morgan fingerprint density at radius 3 is 2.70 bits per heavy atom. The van der Waals surface area contributed by atoms with Crippen LogP contribution in [-0.4, -0.2) is 24.3 Å². The molecule has 0 saturated carbocycles. The first-order valence-electron chi connectivity index (χ1n) is 3.47. The molecule has 0 amide bonds. The average Bonchev–Trinajstić information content (AvgIpc) is 1.88. The summed E-state index contributed by atoms with van der Waals surface area (Å²) in [4.78, 5) is 10.7. The molecule has 10 heavy (non-hydrogen) atoms. The molecule has 0 spiro atoms. The maximum Gasteiger partial charge on any atom is 0.306 e. The van der Waals surface area contributed by atoms with Gasteiger partial charge in [0.2, 0.25) is 0 Å². The van der Waals surface area contributed by atoms with Gasteiger partial charge in [0, 0.05) is 6.61 Å². The number of aliphatic hydroxyl groups excluding tert-OH is 1. The molecule has 3 nitrogen and oxygen atoms in total. The highest BCUT2D eigenvalue weighted by atomic mass is 16.5. The van der Waals surface area contributed by atoms with Crippen LogP contribution in [-0.2, 0) is 9.53 Å². The Labute approximate surface area is 61.0 Å². The summed E-state index contributed by atoms with van der Waals surface area (Å²) in [7, 11) is 0. The van der Waals surface area contributed by atoms with Gasteiger partial charge in [0.25, 0.3) is 0 Å². The van der Waals surface area contributed by atoms with E-state index >= 15 is 0 Å². The SMILES string of the molecule is CCOC(=O)CC(C)CO. The van der Waals surface area contributed by atoms with Crippen molar-refractivity contribution in [2.45, 2.75) is 20.3 Å². The summed E-state index contributed by atoms with van der Waals surface area (Å²) in [6.07, 6.45) is 0.310. The number of hydrogen-bond acceptors (Lipinski definition) is 3. The van der Waals surface area contributed by atoms with Crippen molar-refractivity contribution in [1.29, 1.82) is 0 Å². The van der Waals surface area contributed by atoms with Crippen LogP contribution in [0.3, 0.4) is 0 Å². The minimum absolute atomic E-state index is 0.0130. The molecule has 0 bridgehead atoms. The third-order valence-electron chi connectivity index (χ3n) is 1.13. The molecule has 60 valence electrons. The minimum atomic E-state index is -0.232. The average molecular weight is 146 g/mol. The van der Waals surface area contributed by atoms with Gasteiger partial charge in [-0.3, -0.25) is 4.79 Å². The number of esters is 1. The van der Waals surface area contributed by atoms with Crippen LogP contribution in [0.1, 0.15) is 20.3 Å². The molecular formula is C7H14O3. The minimum Gasteiger partial charge on any atom is -0.466 e. The molecule has 0 aliphatic rings. The fraction of sp³-hybridized carbons (Fsp3) is 0.857. The summed E-state index contributed by atoms with van der Waals surface area (Å²) in [6, 6.07) is 0. The summed E-state index contributed by atoms with van der Waals surface area (Å²) in [5, 5.41) is 8.54. The lowest BCUT2D eigenvalue weighted by Crippen LogP contribution is -2.11. The predicted molar refractivity (Wildman–Crippen MR) is 37.5 cm³/mol. The third-order valence-corrected chi connectivity index (χ3v) is 1.13. The van der Waals surface area contributed by atoms with Crippen LogP contribution in [0.5, 0.6) is 0 Å². The van der Waals surface area contributed by atoms with Gasteiger partial charge in [0.15, 0.2) is 0 Å². The van der Waals surface area contributed by atoms with E-state index in [2.05, 4.69) is 4.74 Å². The predicted octanol–water partition coefficient (Wildman–Crippen LogP) is 0.568. The van der Waals surface area contributed by atoms with E-state index in [1.807, 2.05) is 0 Å². The van der Waals surface area contributed by atoms with Crippen LogP contribution >= 0.6 is 0 Å². The van der Waals surface area contributed by atoms with E-state index in [0.29, 0.717) is 13.0 Å². The summed E-state index contributed by atoms with van der Waals surface area (Å²) >= 11 is 0. The van der Waals surface area contributed by atoms with Gasteiger partial charge in [0.1, 0.15) is 0 Å². The van der Waals surface area contributed by atoms with Gasteiger partial charge in [-0.05, 0) is 12.8 Å². The molecule has 1 N–H and O–H groups in total. The molecule has 0 aromatic heterocycles. The van der Waals surface area contributed by atoms with E-state index in [1.165, 1.54) is 0 Å². The maximum absolute atomic E-state index is 10.7. The topological polar surface area (TPSA) is 46.5 Å². The molecule has 0 aromatic carbocycles. The molecule has 0 heterocycles. The highest BCUT2D eigenvalue weighted by Gasteiger charge is 2.07. The van der Waals surface area contributed by atoms with Gasteiger partial charge < -0.3 is 9.84 Å². The van der Waals surface area contributed by atoms with Crippen molar-refractivity contribution in [2.75, 3.05) is 13.2 Å². The van der Waals surface area contributed by atoms with Crippen LogP contribution in [0.15, 0.2) is 0 Å². The smallest absolute Gasteiger partial charge is 0.306 e. The molecule has 1 atom stereocenters. The first-order chi connectivity index (χ1) is 4.70. The van der Waals surface area contributed by atoms with Gasteiger partial charge in [0.05, 0.1) is 13.0 Å². The van der Waals surface area contributed by atoms with Gasteiger partial charge in [-0.2, -0.15) is 0 Å². The highest BCUT2D eigenvalue weighted by Crippen LogP contribution is 2.00. The molecular weight excluding hydrogens is 132 g/mol. The van der Waals surface area contributed by atoms with E-state index in [-0.39, 0.29) is 18.5 Å². The molecule has 1 unspecified atom stereocenters. The number of rotatable bonds is 4. The number of aliphatic hydroxyl groups is 1. The first-order valence-corrected chi connectivity index (χ1v) is 3.47. The molecule has 0 fully saturated rings. The van der Waals surface area contributed by atoms with Gasteiger partial charge in [-0.15, -0.1) is 0 Å². The molecule has 0 rings (SSSR count). The standard InChI is InChI=1S/C7H14O3/c1-3-10-7(9)4-6(2)5-8/h6,8H,3-5H2,1-2H3. The second-order valence-electron chi connectivity index (χ2n) is 2.30. The molecule has 0 aliphatic heterocycles. The van der Waals surface area contributed by atoms with Crippen molar-refractivity contribution < 1.29 is 14.6 Å². The molecule has 0 radical (unpaired) electrons. The lowest BCUT2D eigenvalue weighted by atomic mass is 10.1. The van der Waals surface area contributed by atoms with E-state index in [0.717, 1.165) is 0 Å². The largest absolute Gasteiger partial charge is 0.466 e. The summed E-state index contributed by atoms with van der Waals surface area (Å²) < 4.78 is 4.66. The number of carbonyl (C=O) groups excluding carboxylic acids is 1. The Morgan fingerprint density at radius 1 is 1.70 bits per heavy atom. The lowest BCUT2D eigenvalue weighted by molar-refractivity contribution is -0.144. The first kappa shape index (κ1) is 9.43. The lowest BCUT2D eigenvalue weighted by Gasteiger charge is -2.05. The Kier molecular flexibility index (Phi) is 4.94. The zero-order valence-corrected chi connectivity index (χ0v) is 6.46. The van der Waals surface area contributed by atoms with Crippen LogP contribution in [0, 0.1) is 5.92 Å². The van der Waals surface area contributed by atoms with Crippen LogP contribution < -0.4 is 0 Å². The number of carbonyl (C=O) groups is 1. The zero-order valence-electron chi connectivity index (χ0n) is 6.46. The van der Waals surface area contributed by atoms with Crippen molar-refractivity contribution in [3.8, 4) is 0 Å². The second kappa shape index (κ2) is 5.23. The van der Waals surface area contributed by atoms with Gasteiger partial charge in [-0.25, -0.2) is 0 Å². The van der Waals surface area contributed by atoms with Gasteiger partial charge >= 0.3 is 5.97 Å². The Bertz CT molecular complexity index is 101. The molecule has 0 aliphatic carbocycles.